The lowest BCUT2D eigenvalue weighted by Crippen LogP contribution is -2.18. The Morgan fingerprint density at radius 2 is 2.11 bits per heavy atom. The van der Waals surface area contributed by atoms with Gasteiger partial charge in [0.15, 0.2) is 0 Å². The largest absolute Gasteiger partial charge is 0.381 e. The smallest absolute Gasteiger partial charge is 0.138 e. The standard InChI is InChI=1S/C13H17ClN4/c1-3-11(4-2)17-12-7-10(14)5-6-13(12)18-9-15-8-16-18/h5-9,11,17H,3-4H2,1-2H3. The molecule has 4 nitrogen and oxygen atoms in total. The highest BCUT2D eigenvalue weighted by atomic mass is 35.5. The summed E-state index contributed by atoms with van der Waals surface area (Å²) in [5.74, 6) is 0. The van der Waals surface area contributed by atoms with E-state index in [1.54, 1.807) is 11.0 Å². The van der Waals surface area contributed by atoms with E-state index in [1.807, 2.05) is 18.2 Å². The van der Waals surface area contributed by atoms with E-state index in [0.29, 0.717) is 11.1 Å². The van der Waals surface area contributed by atoms with Crippen LogP contribution in [0.2, 0.25) is 5.02 Å². The second-order valence-electron chi connectivity index (χ2n) is 4.16. The van der Waals surface area contributed by atoms with Gasteiger partial charge in [0.1, 0.15) is 12.7 Å². The van der Waals surface area contributed by atoms with Gasteiger partial charge in [-0.15, -0.1) is 0 Å². The van der Waals surface area contributed by atoms with E-state index in [9.17, 15) is 0 Å². The Hall–Kier alpha value is -1.55. The van der Waals surface area contributed by atoms with Gasteiger partial charge >= 0.3 is 0 Å². The molecule has 1 N–H and O–H groups in total. The van der Waals surface area contributed by atoms with Crippen LogP contribution in [0.25, 0.3) is 5.69 Å². The van der Waals surface area contributed by atoms with E-state index in [-0.39, 0.29) is 0 Å². The minimum atomic E-state index is 0.436. The second-order valence-corrected chi connectivity index (χ2v) is 4.60. The van der Waals surface area contributed by atoms with Gasteiger partial charge in [0, 0.05) is 11.1 Å². The third-order valence-electron chi connectivity index (χ3n) is 2.97. The number of aromatic nitrogens is 3. The summed E-state index contributed by atoms with van der Waals surface area (Å²) in [6, 6.07) is 6.17. The fourth-order valence-electron chi connectivity index (χ4n) is 1.87. The summed E-state index contributed by atoms with van der Waals surface area (Å²) in [7, 11) is 0. The number of hydrogen-bond acceptors (Lipinski definition) is 3. The minimum absolute atomic E-state index is 0.436. The molecule has 2 rings (SSSR count). The van der Waals surface area contributed by atoms with Crippen molar-refractivity contribution in [2.75, 3.05) is 5.32 Å². The van der Waals surface area contributed by atoms with Gasteiger partial charge in [-0.25, -0.2) is 9.67 Å². The summed E-state index contributed by atoms with van der Waals surface area (Å²) < 4.78 is 1.74. The summed E-state index contributed by atoms with van der Waals surface area (Å²) in [5, 5.41) is 8.38. The summed E-state index contributed by atoms with van der Waals surface area (Å²) in [4.78, 5) is 3.97. The van der Waals surface area contributed by atoms with E-state index in [2.05, 4.69) is 29.2 Å². The number of halogens is 1. The van der Waals surface area contributed by atoms with Crippen molar-refractivity contribution in [3.63, 3.8) is 0 Å². The van der Waals surface area contributed by atoms with Crippen LogP contribution >= 0.6 is 11.6 Å². The van der Waals surface area contributed by atoms with Crippen molar-refractivity contribution in [3.8, 4) is 5.69 Å². The quantitative estimate of drug-likeness (QED) is 0.899. The minimum Gasteiger partial charge on any atom is -0.381 e. The Kier molecular flexibility index (Phi) is 4.20. The highest BCUT2D eigenvalue weighted by molar-refractivity contribution is 6.31. The summed E-state index contributed by atoms with van der Waals surface area (Å²) >= 11 is 6.06. The number of hydrogen-bond donors (Lipinski definition) is 1. The summed E-state index contributed by atoms with van der Waals surface area (Å²) in [5.41, 5.74) is 1.95. The van der Waals surface area contributed by atoms with E-state index < -0.39 is 0 Å². The van der Waals surface area contributed by atoms with Crippen LogP contribution in [0.5, 0.6) is 0 Å². The SMILES string of the molecule is CCC(CC)Nc1cc(Cl)ccc1-n1cncn1. The zero-order valence-corrected chi connectivity index (χ0v) is 11.4. The van der Waals surface area contributed by atoms with Crippen molar-refractivity contribution < 1.29 is 0 Å². The molecule has 0 spiro atoms. The van der Waals surface area contributed by atoms with E-state index >= 15 is 0 Å². The van der Waals surface area contributed by atoms with E-state index in [1.165, 1.54) is 6.33 Å². The van der Waals surface area contributed by atoms with Gasteiger partial charge in [0.05, 0.1) is 11.4 Å². The van der Waals surface area contributed by atoms with Crippen molar-refractivity contribution in [1.82, 2.24) is 14.8 Å². The molecule has 0 aliphatic rings. The lowest BCUT2D eigenvalue weighted by atomic mass is 10.1. The molecule has 0 bridgehead atoms. The van der Waals surface area contributed by atoms with Crippen LogP contribution in [0.3, 0.4) is 0 Å². The Morgan fingerprint density at radius 1 is 1.33 bits per heavy atom. The predicted molar refractivity (Wildman–Crippen MR) is 74.4 cm³/mol. The monoisotopic (exact) mass is 264 g/mol. The fourth-order valence-corrected chi connectivity index (χ4v) is 2.04. The van der Waals surface area contributed by atoms with Gasteiger partial charge < -0.3 is 5.32 Å². The number of benzene rings is 1. The lowest BCUT2D eigenvalue weighted by molar-refractivity contribution is 0.670. The van der Waals surface area contributed by atoms with Crippen LogP contribution < -0.4 is 5.32 Å². The molecule has 0 radical (unpaired) electrons. The average molecular weight is 265 g/mol. The van der Waals surface area contributed by atoms with Gasteiger partial charge in [0.2, 0.25) is 0 Å². The second kappa shape index (κ2) is 5.87. The third kappa shape index (κ3) is 2.82. The Bertz CT molecular complexity index is 492. The van der Waals surface area contributed by atoms with Crippen LogP contribution in [0.1, 0.15) is 26.7 Å². The lowest BCUT2D eigenvalue weighted by Gasteiger charge is -2.19. The van der Waals surface area contributed by atoms with E-state index in [4.69, 9.17) is 11.6 Å². The van der Waals surface area contributed by atoms with Crippen LogP contribution in [-0.2, 0) is 0 Å². The Balaban J connectivity index is 2.35. The zero-order chi connectivity index (χ0) is 13.0. The normalized spacial score (nSPS) is 10.9. The van der Waals surface area contributed by atoms with Gasteiger partial charge in [-0.05, 0) is 31.0 Å². The molecule has 0 amide bonds. The summed E-state index contributed by atoms with van der Waals surface area (Å²) in [6.45, 7) is 4.34. The topological polar surface area (TPSA) is 42.7 Å². The molecule has 18 heavy (non-hydrogen) atoms. The molecule has 1 aromatic heterocycles. The molecule has 0 saturated heterocycles. The van der Waals surface area contributed by atoms with Crippen molar-refractivity contribution in [3.05, 3.63) is 35.9 Å². The predicted octanol–water partition coefficient (Wildman–Crippen LogP) is 3.52. The first-order valence-electron chi connectivity index (χ1n) is 6.15. The molecule has 0 fully saturated rings. The Labute approximate surface area is 112 Å². The van der Waals surface area contributed by atoms with Crippen LogP contribution in [-0.4, -0.2) is 20.8 Å². The molecule has 0 aliphatic heterocycles. The van der Waals surface area contributed by atoms with Crippen LogP contribution in [0.15, 0.2) is 30.9 Å². The highest BCUT2D eigenvalue weighted by Crippen LogP contribution is 2.25. The molecule has 0 saturated carbocycles. The van der Waals surface area contributed by atoms with Crippen molar-refractivity contribution in [2.24, 2.45) is 0 Å². The van der Waals surface area contributed by atoms with Crippen molar-refractivity contribution >= 4 is 17.3 Å². The number of nitrogens with one attached hydrogen (secondary N) is 1. The molecule has 0 aliphatic carbocycles. The maximum absolute atomic E-state index is 6.06. The van der Waals surface area contributed by atoms with Gasteiger partial charge in [0.25, 0.3) is 0 Å². The maximum Gasteiger partial charge on any atom is 0.138 e. The molecular formula is C13H17ClN4. The molecule has 96 valence electrons. The molecule has 0 atom stereocenters. The molecule has 1 heterocycles. The Morgan fingerprint density at radius 3 is 2.72 bits per heavy atom. The molecular weight excluding hydrogens is 248 g/mol. The average Bonchev–Trinajstić information content (AvgIpc) is 2.89. The first-order valence-corrected chi connectivity index (χ1v) is 6.53. The first kappa shape index (κ1) is 12.9. The van der Waals surface area contributed by atoms with Crippen LogP contribution in [0, 0.1) is 0 Å². The van der Waals surface area contributed by atoms with Crippen molar-refractivity contribution in [1.29, 1.82) is 0 Å². The fraction of sp³-hybridized carbons (Fsp3) is 0.385. The van der Waals surface area contributed by atoms with Gasteiger partial charge in [-0.3, -0.25) is 0 Å². The van der Waals surface area contributed by atoms with Gasteiger partial charge in [-0.2, -0.15) is 5.10 Å². The third-order valence-corrected chi connectivity index (χ3v) is 3.20. The zero-order valence-electron chi connectivity index (χ0n) is 10.6. The molecule has 2 aromatic rings. The molecule has 0 unspecified atom stereocenters. The molecule has 1 aromatic carbocycles. The maximum atomic E-state index is 6.06. The highest BCUT2D eigenvalue weighted by Gasteiger charge is 2.10. The number of nitrogens with zero attached hydrogens (tertiary/aromatic N) is 3. The van der Waals surface area contributed by atoms with Gasteiger partial charge in [-0.1, -0.05) is 25.4 Å². The summed E-state index contributed by atoms with van der Waals surface area (Å²) in [6.07, 6.45) is 5.34. The number of rotatable bonds is 5. The van der Waals surface area contributed by atoms with Crippen molar-refractivity contribution in [2.45, 2.75) is 32.7 Å². The first-order chi connectivity index (χ1) is 8.74. The molecule has 5 heteroatoms. The van der Waals surface area contributed by atoms with E-state index in [0.717, 1.165) is 24.2 Å². The number of anilines is 1. The van der Waals surface area contributed by atoms with Crippen LogP contribution in [0.4, 0.5) is 5.69 Å².